The van der Waals surface area contributed by atoms with Crippen molar-refractivity contribution in [2.75, 3.05) is 6.61 Å². The molecule has 0 aliphatic rings. The molecule has 0 aliphatic carbocycles. The maximum absolute atomic E-state index is 6.13. The van der Waals surface area contributed by atoms with Crippen LogP contribution in [0.25, 0.3) is 22.9 Å². The Morgan fingerprint density at radius 2 is 1.86 bits per heavy atom. The second-order valence-electron chi connectivity index (χ2n) is 4.35. The van der Waals surface area contributed by atoms with Crippen LogP contribution in [0.3, 0.4) is 0 Å². The van der Waals surface area contributed by atoms with Crippen LogP contribution < -0.4 is 4.74 Å². The van der Waals surface area contributed by atoms with Gasteiger partial charge in [-0.1, -0.05) is 29.8 Å². The van der Waals surface area contributed by atoms with Crippen molar-refractivity contribution in [3.8, 4) is 28.7 Å². The van der Waals surface area contributed by atoms with E-state index in [1.807, 2.05) is 49.4 Å². The molecule has 0 saturated heterocycles. The Morgan fingerprint density at radius 3 is 2.67 bits per heavy atom. The van der Waals surface area contributed by atoms with E-state index in [-0.39, 0.29) is 0 Å². The fourth-order valence-corrected chi connectivity index (χ4v) is 2.19. The number of rotatable bonds is 4. The summed E-state index contributed by atoms with van der Waals surface area (Å²) in [5.74, 6) is 1.61. The zero-order valence-electron chi connectivity index (χ0n) is 11.4. The number of ether oxygens (including phenoxy) is 1. The van der Waals surface area contributed by atoms with Crippen molar-refractivity contribution >= 4 is 11.6 Å². The summed E-state index contributed by atoms with van der Waals surface area (Å²) in [6.45, 7) is 2.55. The summed E-state index contributed by atoms with van der Waals surface area (Å²) >= 11 is 6.13. The van der Waals surface area contributed by atoms with Crippen molar-refractivity contribution in [2.24, 2.45) is 0 Å². The lowest BCUT2D eigenvalue weighted by Gasteiger charge is -2.03. The van der Waals surface area contributed by atoms with Crippen LogP contribution in [0.5, 0.6) is 5.75 Å². The Labute approximate surface area is 127 Å². The zero-order valence-corrected chi connectivity index (χ0v) is 12.2. The van der Waals surface area contributed by atoms with Gasteiger partial charge >= 0.3 is 0 Å². The molecule has 106 valence electrons. The molecule has 2 aromatic carbocycles. The second-order valence-corrected chi connectivity index (χ2v) is 4.76. The molecule has 3 rings (SSSR count). The highest BCUT2D eigenvalue weighted by Gasteiger charge is 2.13. The summed E-state index contributed by atoms with van der Waals surface area (Å²) in [6, 6.07) is 14.9. The van der Waals surface area contributed by atoms with Crippen molar-refractivity contribution in [2.45, 2.75) is 6.92 Å². The standard InChI is InChI=1S/C16H13ClN2O2/c1-2-20-12-7-5-6-11(10-12)15-18-19-16(21-15)13-8-3-4-9-14(13)17/h3-10H,2H2,1H3. The zero-order chi connectivity index (χ0) is 14.7. The molecule has 0 spiro atoms. The van der Waals surface area contributed by atoms with Gasteiger partial charge in [0.25, 0.3) is 0 Å². The highest BCUT2D eigenvalue weighted by Crippen LogP contribution is 2.29. The third-order valence-electron chi connectivity index (χ3n) is 2.92. The molecule has 0 unspecified atom stereocenters. The minimum absolute atomic E-state index is 0.400. The molecule has 0 radical (unpaired) electrons. The minimum atomic E-state index is 0.400. The quantitative estimate of drug-likeness (QED) is 0.714. The lowest BCUT2D eigenvalue weighted by atomic mass is 10.2. The fourth-order valence-electron chi connectivity index (χ4n) is 1.97. The van der Waals surface area contributed by atoms with E-state index in [2.05, 4.69) is 10.2 Å². The van der Waals surface area contributed by atoms with Gasteiger partial charge in [-0.15, -0.1) is 10.2 Å². The van der Waals surface area contributed by atoms with Gasteiger partial charge in [-0.05, 0) is 37.3 Å². The maximum Gasteiger partial charge on any atom is 0.249 e. The van der Waals surface area contributed by atoms with Crippen molar-refractivity contribution in [3.63, 3.8) is 0 Å². The van der Waals surface area contributed by atoms with Crippen LogP contribution in [0, 0.1) is 0 Å². The minimum Gasteiger partial charge on any atom is -0.494 e. The molecular formula is C16H13ClN2O2. The van der Waals surface area contributed by atoms with Gasteiger partial charge in [0.2, 0.25) is 11.8 Å². The third kappa shape index (κ3) is 2.90. The molecular weight excluding hydrogens is 288 g/mol. The van der Waals surface area contributed by atoms with Crippen LogP contribution in [0.1, 0.15) is 6.92 Å². The first-order chi connectivity index (χ1) is 10.3. The average molecular weight is 301 g/mol. The molecule has 0 aliphatic heterocycles. The highest BCUT2D eigenvalue weighted by atomic mass is 35.5. The molecule has 5 heteroatoms. The predicted octanol–water partition coefficient (Wildman–Crippen LogP) is 4.46. The smallest absolute Gasteiger partial charge is 0.249 e. The average Bonchev–Trinajstić information content (AvgIpc) is 2.98. The van der Waals surface area contributed by atoms with Crippen LogP contribution >= 0.6 is 11.6 Å². The first kappa shape index (κ1) is 13.6. The van der Waals surface area contributed by atoms with E-state index in [0.29, 0.717) is 23.4 Å². The highest BCUT2D eigenvalue weighted by molar-refractivity contribution is 6.33. The first-order valence-electron chi connectivity index (χ1n) is 6.59. The van der Waals surface area contributed by atoms with Crippen molar-refractivity contribution in [1.29, 1.82) is 0 Å². The van der Waals surface area contributed by atoms with E-state index in [1.165, 1.54) is 0 Å². The van der Waals surface area contributed by atoms with Gasteiger partial charge in [0, 0.05) is 5.56 Å². The lowest BCUT2D eigenvalue weighted by Crippen LogP contribution is -1.91. The van der Waals surface area contributed by atoms with E-state index in [1.54, 1.807) is 6.07 Å². The molecule has 21 heavy (non-hydrogen) atoms. The summed E-state index contributed by atoms with van der Waals surface area (Å²) in [4.78, 5) is 0. The molecule has 3 aromatic rings. The Bertz CT molecular complexity index is 755. The fraction of sp³-hybridized carbons (Fsp3) is 0.125. The Hall–Kier alpha value is -2.33. The predicted molar refractivity (Wildman–Crippen MR) is 81.3 cm³/mol. The van der Waals surface area contributed by atoms with Gasteiger partial charge in [-0.3, -0.25) is 0 Å². The van der Waals surface area contributed by atoms with Gasteiger partial charge in [0.15, 0.2) is 0 Å². The summed E-state index contributed by atoms with van der Waals surface area (Å²) in [5, 5.41) is 8.71. The summed E-state index contributed by atoms with van der Waals surface area (Å²) in [7, 11) is 0. The largest absolute Gasteiger partial charge is 0.494 e. The topological polar surface area (TPSA) is 48.2 Å². The van der Waals surface area contributed by atoms with E-state index >= 15 is 0 Å². The number of aromatic nitrogens is 2. The van der Waals surface area contributed by atoms with Crippen LogP contribution in [0.2, 0.25) is 5.02 Å². The SMILES string of the molecule is CCOc1cccc(-c2nnc(-c3ccccc3Cl)o2)c1. The maximum atomic E-state index is 6.13. The van der Waals surface area contributed by atoms with Crippen molar-refractivity contribution < 1.29 is 9.15 Å². The van der Waals surface area contributed by atoms with Crippen LogP contribution in [-0.2, 0) is 0 Å². The van der Waals surface area contributed by atoms with E-state index < -0.39 is 0 Å². The molecule has 1 heterocycles. The van der Waals surface area contributed by atoms with E-state index in [0.717, 1.165) is 16.9 Å². The summed E-state index contributed by atoms with van der Waals surface area (Å²) < 4.78 is 11.2. The monoisotopic (exact) mass is 300 g/mol. The van der Waals surface area contributed by atoms with Crippen LogP contribution in [0.4, 0.5) is 0 Å². The molecule has 0 fully saturated rings. The van der Waals surface area contributed by atoms with Gasteiger partial charge < -0.3 is 9.15 Å². The first-order valence-corrected chi connectivity index (χ1v) is 6.97. The summed E-state index contributed by atoms with van der Waals surface area (Å²) in [6.07, 6.45) is 0. The molecule has 0 saturated carbocycles. The van der Waals surface area contributed by atoms with E-state index in [4.69, 9.17) is 20.8 Å². The Kier molecular flexibility index (Phi) is 3.88. The number of nitrogens with zero attached hydrogens (tertiary/aromatic N) is 2. The number of benzene rings is 2. The lowest BCUT2D eigenvalue weighted by molar-refractivity contribution is 0.340. The number of halogens is 1. The van der Waals surface area contributed by atoms with Gasteiger partial charge in [-0.25, -0.2) is 0 Å². The van der Waals surface area contributed by atoms with Crippen LogP contribution in [0.15, 0.2) is 52.9 Å². The number of hydrogen-bond donors (Lipinski definition) is 0. The Balaban J connectivity index is 1.95. The normalized spacial score (nSPS) is 10.6. The van der Waals surface area contributed by atoms with Gasteiger partial charge in [-0.2, -0.15) is 0 Å². The van der Waals surface area contributed by atoms with Crippen molar-refractivity contribution in [1.82, 2.24) is 10.2 Å². The molecule has 0 bridgehead atoms. The molecule has 1 aromatic heterocycles. The van der Waals surface area contributed by atoms with Gasteiger partial charge in [0.05, 0.1) is 17.2 Å². The molecule has 0 N–H and O–H groups in total. The third-order valence-corrected chi connectivity index (χ3v) is 3.25. The van der Waals surface area contributed by atoms with Crippen LogP contribution in [-0.4, -0.2) is 16.8 Å². The molecule has 4 nitrogen and oxygen atoms in total. The molecule has 0 amide bonds. The summed E-state index contributed by atoms with van der Waals surface area (Å²) in [5.41, 5.74) is 1.53. The second kappa shape index (κ2) is 5.97. The Morgan fingerprint density at radius 1 is 1.05 bits per heavy atom. The van der Waals surface area contributed by atoms with Gasteiger partial charge in [0.1, 0.15) is 5.75 Å². The van der Waals surface area contributed by atoms with E-state index in [9.17, 15) is 0 Å². The number of hydrogen-bond acceptors (Lipinski definition) is 4. The van der Waals surface area contributed by atoms with Crippen molar-refractivity contribution in [3.05, 3.63) is 53.6 Å². The molecule has 0 atom stereocenters.